The van der Waals surface area contributed by atoms with Crippen LogP contribution in [0, 0.1) is 0 Å². The Hall–Kier alpha value is 1.77. The summed E-state index contributed by atoms with van der Waals surface area (Å²) in [5.74, 6) is 0. The molecule has 0 bridgehead atoms. The van der Waals surface area contributed by atoms with Crippen molar-refractivity contribution < 1.29 is 49.3 Å². The average molecular weight is 252 g/mol. The van der Waals surface area contributed by atoms with Crippen LogP contribution in [0.4, 0.5) is 0 Å². The zero-order valence-corrected chi connectivity index (χ0v) is 10.6. The molecule has 0 aliphatic rings. The van der Waals surface area contributed by atoms with Crippen LogP contribution in [0.25, 0.3) is 0 Å². The van der Waals surface area contributed by atoms with Crippen molar-refractivity contribution in [1.82, 2.24) is 0 Å². The van der Waals surface area contributed by atoms with E-state index in [1.54, 1.807) is 0 Å². The van der Waals surface area contributed by atoms with Gasteiger partial charge in [-0.2, -0.15) is 0 Å². The molecular formula is Al4O9-6. The fraction of sp³-hybridized carbons (Fsp3) is 0. The van der Waals surface area contributed by atoms with Gasteiger partial charge in [-0.1, -0.05) is 0 Å². The molecule has 0 aliphatic carbocycles. The summed E-state index contributed by atoms with van der Waals surface area (Å²) in [5.41, 5.74) is 0. The van der Waals surface area contributed by atoms with E-state index in [4.69, 9.17) is 0 Å². The van der Waals surface area contributed by atoms with Crippen molar-refractivity contribution in [1.29, 1.82) is 0 Å². The smallest absolute Gasteiger partial charge is 2.00 e. The molecule has 9 nitrogen and oxygen atoms in total. The molecule has 0 N–H and O–H groups in total. The molecule has 0 saturated heterocycles. The van der Waals surface area contributed by atoms with Gasteiger partial charge in [0.05, 0.1) is 0 Å². The monoisotopic (exact) mass is 252 g/mol. The maximum absolute atomic E-state index is 0. The Morgan fingerprint density at radius 1 is 0.154 bits per heavy atom. The first-order chi connectivity index (χ1) is 0. The van der Waals surface area contributed by atoms with E-state index in [9.17, 15) is 0 Å². The van der Waals surface area contributed by atoms with Crippen LogP contribution in [0.5, 0.6) is 0 Å². The molecule has 13 heteroatoms. The maximum atomic E-state index is 0. The van der Waals surface area contributed by atoms with Crippen LogP contribution in [0.1, 0.15) is 0 Å². The molecule has 0 spiro atoms. The van der Waals surface area contributed by atoms with E-state index in [2.05, 4.69) is 0 Å². The van der Waals surface area contributed by atoms with Gasteiger partial charge in [0.15, 0.2) is 0 Å². The minimum absolute atomic E-state index is 0. The van der Waals surface area contributed by atoms with Crippen molar-refractivity contribution in [3.05, 3.63) is 0 Å². The van der Waals surface area contributed by atoms with Crippen LogP contribution in [0.3, 0.4) is 0 Å². The van der Waals surface area contributed by atoms with Crippen LogP contribution in [0.2, 0.25) is 0 Å². The second kappa shape index (κ2) is 717. The van der Waals surface area contributed by atoms with Gasteiger partial charge in [-0.25, -0.2) is 0 Å². The summed E-state index contributed by atoms with van der Waals surface area (Å²) in [4.78, 5) is 0. The Bertz CT molecular complexity index is 11.6. The van der Waals surface area contributed by atoms with Crippen LogP contribution >= 0.6 is 0 Å². The molecule has 0 aromatic carbocycles. The average Bonchev–Trinajstić information content (AvgIpc) is 0. The zero-order chi connectivity index (χ0) is 0. The van der Waals surface area contributed by atoms with E-state index in [0.29, 0.717) is 0 Å². The van der Waals surface area contributed by atoms with E-state index in [0.717, 1.165) is 0 Å². The summed E-state index contributed by atoms with van der Waals surface area (Å²) < 4.78 is 0. The van der Waals surface area contributed by atoms with E-state index in [1.807, 2.05) is 0 Å². The van der Waals surface area contributed by atoms with Gasteiger partial charge in [0.1, 0.15) is 0 Å². The van der Waals surface area contributed by atoms with Gasteiger partial charge >= 0.3 is 69.4 Å². The minimum atomic E-state index is 0. The van der Waals surface area contributed by atoms with Gasteiger partial charge in [-0.05, 0) is 0 Å². The summed E-state index contributed by atoms with van der Waals surface area (Å²) in [5, 5.41) is 0. The SMILES string of the molecule is [Al+3].[Al+3].[Al+3].[Al+3].[O-2].[O-2].[O-2].[O-2].[O-2].[O-2].[O-2].[O-2].[O-2]. The minimum Gasteiger partial charge on any atom is -2.00 e. The first-order valence-corrected chi connectivity index (χ1v) is 0. The van der Waals surface area contributed by atoms with Crippen LogP contribution in [0.15, 0.2) is 0 Å². The fourth-order valence-electron chi connectivity index (χ4n) is 0. The maximum Gasteiger partial charge on any atom is 3.00 e. The van der Waals surface area contributed by atoms with Gasteiger partial charge in [0.25, 0.3) is 0 Å². The summed E-state index contributed by atoms with van der Waals surface area (Å²) in [6.45, 7) is 0. The summed E-state index contributed by atoms with van der Waals surface area (Å²) in [6, 6.07) is 0. The van der Waals surface area contributed by atoms with Gasteiger partial charge in [0.2, 0.25) is 0 Å². The second-order valence-corrected chi connectivity index (χ2v) is 0. The topological polar surface area (TPSA) is 256 Å². The molecule has 0 heterocycles. The summed E-state index contributed by atoms with van der Waals surface area (Å²) in [6.07, 6.45) is 0. The first-order valence-electron chi connectivity index (χ1n) is 0. The van der Waals surface area contributed by atoms with Crippen molar-refractivity contribution in [2.24, 2.45) is 0 Å². The van der Waals surface area contributed by atoms with E-state index in [-0.39, 0.29) is 119 Å². The van der Waals surface area contributed by atoms with Crippen molar-refractivity contribution in [3.63, 3.8) is 0 Å². The molecule has 0 atom stereocenters. The quantitative estimate of drug-likeness (QED) is 0.401. The standard InChI is InChI=1S/4Al.9O/q4*+3;9*-2. The third-order valence-corrected chi connectivity index (χ3v) is 0. The normalized spacial score (nSPS) is 0. The van der Waals surface area contributed by atoms with Gasteiger partial charge < -0.3 is 49.3 Å². The molecule has 0 radical (unpaired) electrons. The van der Waals surface area contributed by atoms with E-state index in [1.165, 1.54) is 0 Å². The number of hydrogen-bond acceptors (Lipinski definition) is 0. The molecular weight excluding hydrogens is 252 g/mol. The Balaban J connectivity index is 0. The molecule has 0 fully saturated rings. The number of hydrogen-bond donors (Lipinski definition) is 0. The summed E-state index contributed by atoms with van der Waals surface area (Å²) >= 11 is 0. The molecule has 0 rings (SSSR count). The van der Waals surface area contributed by atoms with Crippen molar-refractivity contribution in [3.8, 4) is 0 Å². The predicted molar refractivity (Wildman–Crippen MR) is 29.2 cm³/mol. The van der Waals surface area contributed by atoms with Crippen molar-refractivity contribution in [2.45, 2.75) is 0 Å². The van der Waals surface area contributed by atoms with Crippen LogP contribution in [-0.2, 0) is 49.3 Å². The number of rotatable bonds is 0. The molecule has 0 aromatic rings. The first kappa shape index (κ1) is 894. The van der Waals surface area contributed by atoms with E-state index < -0.39 is 0 Å². The second-order valence-electron chi connectivity index (χ2n) is 0. The Labute approximate surface area is 118 Å². The fourth-order valence-corrected chi connectivity index (χ4v) is 0. The van der Waals surface area contributed by atoms with Crippen LogP contribution < -0.4 is 0 Å². The van der Waals surface area contributed by atoms with Gasteiger partial charge in [0, 0.05) is 0 Å². The predicted octanol–water partition coefficient (Wildman–Crippen LogP) is -2.59. The molecule has 0 aromatic heterocycles. The summed E-state index contributed by atoms with van der Waals surface area (Å²) in [7, 11) is 0. The Morgan fingerprint density at radius 3 is 0.154 bits per heavy atom. The molecule has 0 aliphatic heterocycles. The molecule has 0 amide bonds. The molecule has 72 valence electrons. The van der Waals surface area contributed by atoms with Gasteiger partial charge in [-0.15, -0.1) is 0 Å². The molecule has 0 saturated carbocycles. The van der Waals surface area contributed by atoms with E-state index >= 15 is 0 Å². The van der Waals surface area contributed by atoms with Crippen LogP contribution in [-0.4, -0.2) is 69.4 Å². The third kappa shape index (κ3) is 609. The Morgan fingerprint density at radius 2 is 0.154 bits per heavy atom. The zero-order valence-electron chi connectivity index (χ0n) is 5.98. The third-order valence-electron chi connectivity index (χ3n) is 0. The van der Waals surface area contributed by atoms with Crippen molar-refractivity contribution in [2.75, 3.05) is 0 Å². The van der Waals surface area contributed by atoms with Gasteiger partial charge in [-0.3, -0.25) is 0 Å². The molecule has 13 heavy (non-hydrogen) atoms. The largest absolute Gasteiger partial charge is 3.00 e. The van der Waals surface area contributed by atoms with Crippen molar-refractivity contribution >= 4 is 69.4 Å². The molecule has 0 unspecified atom stereocenters. The Kier molecular flexibility index (Phi) is 49300.